The van der Waals surface area contributed by atoms with E-state index >= 15 is 0 Å². The van der Waals surface area contributed by atoms with Crippen LogP contribution in [0, 0.1) is 5.92 Å². The highest BCUT2D eigenvalue weighted by Crippen LogP contribution is 2.37. The third-order valence-corrected chi connectivity index (χ3v) is 3.80. The fourth-order valence-corrected chi connectivity index (χ4v) is 3.37. The van der Waals surface area contributed by atoms with Crippen LogP contribution in [-0.2, 0) is 4.84 Å². The van der Waals surface area contributed by atoms with Gasteiger partial charge in [0.1, 0.15) is 0 Å². The molecule has 0 radical (unpaired) electrons. The van der Waals surface area contributed by atoms with Gasteiger partial charge in [0, 0.05) is 23.0 Å². The lowest BCUT2D eigenvalue weighted by Crippen LogP contribution is -2.45. The van der Waals surface area contributed by atoms with Crippen LogP contribution in [0.2, 0.25) is 0 Å². The van der Waals surface area contributed by atoms with E-state index in [1.54, 1.807) is 0 Å². The molecule has 0 aromatic rings. The van der Waals surface area contributed by atoms with Crippen LogP contribution in [0.3, 0.4) is 0 Å². The Morgan fingerprint density at radius 2 is 2.08 bits per heavy atom. The van der Waals surface area contributed by atoms with Gasteiger partial charge < -0.3 is 0 Å². The molecule has 2 saturated heterocycles. The lowest BCUT2D eigenvalue weighted by atomic mass is 10.0. The van der Waals surface area contributed by atoms with Crippen molar-refractivity contribution in [2.75, 3.05) is 18.1 Å². The summed E-state index contributed by atoms with van der Waals surface area (Å²) in [6.07, 6.45) is 0. The SMILES string of the molecule is CC(C)(C)N1OC[C@H]2CSC[C@H]21. The molecule has 0 spiro atoms. The van der Waals surface area contributed by atoms with Gasteiger partial charge in [-0.1, -0.05) is 0 Å². The Morgan fingerprint density at radius 1 is 1.33 bits per heavy atom. The highest BCUT2D eigenvalue weighted by atomic mass is 32.2. The van der Waals surface area contributed by atoms with E-state index in [1.165, 1.54) is 11.5 Å². The Bertz CT molecular complexity index is 178. The third-order valence-electron chi connectivity index (χ3n) is 2.55. The number of fused-ring (bicyclic) bond motifs is 1. The van der Waals surface area contributed by atoms with Crippen molar-refractivity contribution in [1.82, 2.24) is 5.06 Å². The smallest absolute Gasteiger partial charge is 0.0737 e. The molecule has 2 atom stereocenters. The summed E-state index contributed by atoms with van der Waals surface area (Å²) in [4.78, 5) is 5.70. The molecule has 12 heavy (non-hydrogen) atoms. The van der Waals surface area contributed by atoms with E-state index in [9.17, 15) is 0 Å². The number of rotatable bonds is 0. The van der Waals surface area contributed by atoms with E-state index in [-0.39, 0.29) is 5.54 Å². The standard InChI is InChI=1S/C9H17NOS/c1-9(2,3)10-8-6-12-5-7(8)4-11-10/h7-8H,4-6H2,1-3H3/t7-,8+/m0/s1. The normalized spacial score (nSPS) is 37.2. The van der Waals surface area contributed by atoms with E-state index in [0.29, 0.717) is 6.04 Å². The number of hydroxylamine groups is 2. The van der Waals surface area contributed by atoms with Gasteiger partial charge in [0.05, 0.1) is 12.6 Å². The van der Waals surface area contributed by atoms with E-state index in [0.717, 1.165) is 12.5 Å². The number of nitrogens with zero attached hydrogens (tertiary/aromatic N) is 1. The zero-order valence-electron chi connectivity index (χ0n) is 8.04. The van der Waals surface area contributed by atoms with Crippen molar-refractivity contribution >= 4 is 11.8 Å². The number of hydrogen-bond acceptors (Lipinski definition) is 3. The number of hydrogen-bond donors (Lipinski definition) is 0. The maximum Gasteiger partial charge on any atom is 0.0737 e. The first-order valence-electron chi connectivity index (χ1n) is 4.59. The second-order valence-electron chi connectivity index (χ2n) is 4.66. The van der Waals surface area contributed by atoms with Crippen LogP contribution in [0.4, 0.5) is 0 Å². The highest BCUT2D eigenvalue weighted by molar-refractivity contribution is 7.99. The summed E-state index contributed by atoms with van der Waals surface area (Å²) in [6.45, 7) is 7.60. The molecule has 2 fully saturated rings. The molecule has 0 saturated carbocycles. The Kier molecular flexibility index (Phi) is 2.13. The molecule has 0 N–H and O–H groups in total. The van der Waals surface area contributed by atoms with E-state index < -0.39 is 0 Å². The van der Waals surface area contributed by atoms with Gasteiger partial charge in [0.2, 0.25) is 0 Å². The lowest BCUT2D eigenvalue weighted by Gasteiger charge is -2.34. The molecule has 0 unspecified atom stereocenters. The van der Waals surface area contributed by atoms with Crippen molar-refractivity contribution < 1.29 is 4.84 Å². The summed E-state index contributed by atoms with van der Waals surface area (Å²) < 4.78 is 0. The van der Waals surface area contributed by atoms with Crippen LogP contribution < -0.4 is 0 Å². The molecular formula is C9H17NOS. The Hall–Kier alpha value is 0.270. The van der Waals surface area contributed by atoms with Crippen molar-refractivity contribution in [3.8, 4) is 0 Å². The van der Waals surface area contributed by atoms with Gasteiger partial charge in [-0.15, -0.1) is 0 Å². The molecule has 2 nitrogen and oxygen atoms in total. The summed E-state index contributed by atoms with van der Waals surface area (Å²) >= 11 is 2.06. The van der Waals surface area contributed by atoms with Crippen LogP contribution in [-0.4, -0.2) is 34.8 Å². The maximum absolute atomic E-state index is 5.70. The largest absolute Gasteiger partial charge is 0.298 e. The first-order chi connectivity index (χ1) is 5.59. The summed E-state index contributed by atoms with van der Waals surface area (Å²) in [5.41, 5.74) is 0.171. The van der Waals surface area contributed by atoms with Crippen LogP contribution in [0.25, 0.3) is 0 Å². The zero-order valence-corrected chi connectivity index (χ0v) is 8.86. The minimum Gasteiger partial charge on any atom is -0.298 e. The molecule has 0 aliphatic carbocycles. The van der Waals surface area contributed by atoms with Crippen molar-refractivity contribution in [3.63, 3.8) is 0 Å². The topological polar surface area (TPSA) is 12.5 Å². The van der Waals surface area contributed by atoms with E-state index in [1.807, 2.05) is 0 Å². The van der Waals surface area contributed by atoms with Gasteiger partial charge in [-0.3, -0.25) is 4.84 Å². The molecule has 2 aliphatic heterocycles. The van der Waals surface area contributed by atoms with Crippen LogP contribution in [0.1, 0.15) is 20.8 Å². The molecule has 2 rings (SSSR count). The molecule has 2 aliphatic rings. The summed E-state index contributed by atoms with van der Waals surface area (Å²) in [5.74, 6) is 3.33. The van der Waals surface area contributed by atoms with Gasteiger partial charge in [-0.2, -0.15) is 16.8 Å². The fraction of sp³-hybridized carbons (Fsp3) is 1.00. The Balaban J connectivity index is 2.09. The van der Waals surface area contributed by atoms with Crippen LogP contribution in [0.15, 0.2) is 0 Å². The second-order valence-corrected chi connectivity index (χ2v) is 5.73. The van der Waals surface area contributed by atoms with Crippen molar-refractivity contribution in [2.24, 2.45) is 5.92 Å². The van der Waals surface area contributed by atoms with Gasteiger partial charge in [0.25, 0.3) is 0 Å². The van der Waals surface area contributed by atoms with E-state index in [4.69, 9.17) is 4.84 Å². The monoisotopic (exact) mass is 187 g/mol. The molecule has 0 aromatic carbocycles. The minimum absolute atomic E-state index is 0.171. The summed E-state index contributed by atoms with van der Waals surface area (Å²) in [5, 5.41) is 2.21. The summed E-state index contributed by atoms with van der Waals surface area (Å²) in [6, 6.07) is 0.676. The van der Waals surface area contributed by atoms with Crippen LogP contribution in [0.5, 0.6) is 0 Å². The maximum atomic E-state index is 5.70. The first kappa shape index (κ1) is 8.85. The highest BCUT2D eigenvalue weighted by Gasteiger charge is 2.43. The van der Waals surface area contributed by atoms with Crippen molar-refractivity contribution in [2.45, 2.75) is 32.4 Å². The average Bonchev–Trinajstić information content (AvgIpc) is 2.37. The lowest BCUT2D eigenvalue weighted by molar-refractivity contribution is -0.183. The molecule has 0 amide bonds. The number of thioether (sulfide) groups is 1. The fourth-order valence-electron chi connectivity index (χ4n) is 1.97. The predicted octanol–water partition coefficient (Wildman–Crippen LogP) is 1.76. The van der Waals surface area contributed by atoms with Crippen molar-refractivity contribution in [3.05, 3.63) is 0 Å². The minimum atomic E-state index is 0.171. The summed E-state index contributed by atoms with van der Waals surface area (Å²) in [7, 11) is 0. The van der Waals surface area contributed by atoms with Gasteiger partial charge in [-0.25, -0.2) is 0 Å². The molecule has 0 aromatic heterocycles. The molecule has 3 heteroatoms. The molecule has 2 heterocycles. The first-order valence-corrected chi connectivity index (χ1v) is 5.74. The molecular weight excluding hydrogens is 170 g/mol. The quantitative estimate of drug-likeness (QED) is 0.573. The second kappa shape index (κ2) is 2.89. The van der Waals surface area contributed by atoms with E-state index in [2.05, 4.69) is 37.6 Å². The predicted molar refractivity (Wildman–Crippen MR) is 52.1 cm³/mol. The van der Waals surface area contributed by atoms with Gasteiger partial charge >= 0.3 is 0 Å². The third kappa shape index (κ3) is 1.38. The van der Waals surface area contributed by atoms with Crippen molar-refractivity contribution in [1.29, 1.82) is 0 Å². The molecule has 70 valence electrons. The Morgan fingerprint density at radius 3 is 2.75 bits per heavy atom. The molecule has 0 bridgehead atoms. The zero-order chi connectivity index (χ0) is 8.77. The van der Waals surface area contributed by atoms with Crippen LogP contribution >= 0.6 is 11.8 Å². The average molecular weight is 187 g/mol. The van der Waals surface area contributed by atoms with Gasteiger partial charge in [-0.05, 0) is 20.8 Å². The van der Waals surface area contributed by atoms with Gasteiger partial charge in [0.15, 0.2) is 0 Å². The Labute approximate surface area is 78.6 Å².